The summed E-state index contributed by atoms with van der Waals surface area (Å²) in [5.41, 5.74) is 0. The number of rotatable bonds is 0. The van der Waals surface area contributed by atoms with Crippen LogP contribution < -0.4 is 10.2 Å². The molecule has 0 fully saturated rings. The summed E-state index contributed by atoms with van der Waals surface area (Å²) in [4.78, 5) is 35.1. The first-order chi connectivity index (χ1) is 6.29. The summed E-state index contributed by atoms with van der Waals surface area (Å²) in [6, 6.07) is 0. The van der Waals surface area contributed by atoms with Gasteiger partial charge in [0, 0.05) is 11.9 Å². The van der Waals surface area contributed by atoms with Crippen LogP contribution in [0.2, 0.25) is 0 Å². The second-order valence-electron chi connectivity index (χ2n) is 1.39. The van der Waals surface area contributed by atoms with Gasteiger partial charge in [-0.15, -0.1) is 0 Å². The van der Waals surface area contributed by atoms with Crippen LogP contribution in [0.4, 0.5) is 0 Å². The molecular formula is C8H12O6Zr. The van der Waals surface area contributed by atoms with E-state index in [1.807, 2.05) is 0 Å². The van der Waals surface area contributed by atoms with Crippen molar-refractivity contribution >= 4 is 24.5 Å². The molecule has 84 valence electrons. The van der Waals surface area contributed by atoms with E-state index in [-0.39, 0.29) is 26.2 Å². The van der Waals surface area contributed by atoms with E-state index in [1.54, 1.807) is 0 Å². The fourth-order valence-electron chi connectivity index (χ4n) is 0. The number of hydrogen-bond acceptors (Lipinski definition) is 6. The molecule has 0 aromatic heterocycles. The molecule has 0 aliphatic carbocycles. The maximum atomic E-state index is 8.89. The molecule has 0 aromatic carbocycles. The van der Waals surface area contributed by atoms with Gasteiger partial charge in [-0.1, -0.05) is 0 Å². The second kappa shape index (κ2) is 38.0. The maximum absolute atomic E-state index is 8.89. The molecule has 0 rings (SSSR count). The van der Waals surface area contributed by atoms with Crippen molar-refractivity contribution in [1.82, 2.24) is 0 Å². The Balaban J connectivity index is -0.0000000293. The van der Waals surface area contributed by atoms with Gasteiger partial charge in [0.1, 0.15) is 0 Å². The molecule has 0 spiro atoms. The summed E-state index contributed by atoms with van der Waals surface area (Å²) >= 11 is 0. The van der Waals surface area contributed by atoms with E-state index in [0.717, 1.165) is 13.8 Å². The number of hydrogen-bond donors (Lipinski definition) is 0. The molecule has 0 atom stereocenters. The normalized spacial score (nSPS) is 5.07. The van der Waals surface area contributed by atoms with Gasteiger partial charge >= 0.3 is 26.2 Å². The molecule has 6 nitrogen and oxygen atoms in total. The Morgan fingerprint density at radius 2 is 0.867 bits per heavy atom. The first-order valence-electron chi connectivity index (χ1n) is 3.22. The zero-order valence-corrected chi connectivity index (χ0v) is 11.4. The summed E-state index contributed by atoms with van der Waals surface area (Å²) in [7, 11) is 0. The Labute approximate surface area is 108 Å². The fraction of sp³-hybridized carbons (Fsp3) is 0.500. The zero-order chi connectivity index (χ0) is 12.6. The SMILES string of the molecule is CC(=O)[O-].CC(=O)[O-].C[C-]=O.C[C-]=O.[Zr+4]. The van der Waals surface area contributed by atoms with Crippen molar-refractivity contribution < 1.29 is 55.6 Å². The molecule has 0 aliphatic heterocycles. The summed E-state index contributed by atoms with van der Waals surface area (Å²) in [6.45, 7) is 4.58. The molecule has 0 unspecified atom stereocenters. The van der Waals surface area contributed by atoms with Gasteiger partial charge in [0.25, 0.3) is 0 Å². The van der Waals surface area contributed by atoms with E-state index >= 15 is 0 Å². The second-order valence-corrected chi connectivity index (χ2v) is 1.39. The van der Waals surface area contributed by atoms with E-state index in [1.165, 1.54) is 26.4 Å². The molecule has 0 aromatic rings. The monoisotopic (exact) mass is 294 g/mol. The van der Waals surface area contributed by atoms with Crippen LogP contribution in [0.15, 0.2) is 0 Å². The Kier molecular flexibility index (Phi) is 74.0. The molecular weight excluding hydrogens is 283 g/mol. The van der Waals surface area contributed by atoms with Crippen LogP contribution in [-0.2, 0) is 45.4 Å². The molecule has 0 saturated heterocycles. The van der Waals surface area contributed by atoms with Crippen LogP contribution in [0.1, 0.15) is 27.7 Å². The smallest absolute Gasteiger partial charge is 0.550 e. The molecule has 15 heavy (non-hydrogen) atoms. The number of carboxylic acid groups (broad SMARTS) is 2. The van der Waals surface area contributed by atoms with Crippen LogP contribution >= 0.6 is 0 Å². The maximum Gasteiger partial charge on any atom is 4.00 e. The number of carboxylic acids is 2. The van der Waals surface area contributed by atoms with Crippen LogP contribution in [0.5, 0.6) is 0 Å². The van der Waals surface area contributed by atoms with Crippen molar-refractivity contribution in [1.29, 1.82) is 0 Å². The average molecular weight is 295 g/mol. The van der Waals surface area contributed by atoms with Crippen molar-refractivity contribution in [2.45, 2.75) is 27.7 Å². The molecule has 0 radical (unpaired) electrons. The van der Waals surface area contributed by atoms with Gasteiger partial charge in [0.15, 0.2) is 0 Å². The van der Waals surface area contributed by atoms with Crippen LogP contribution in [0.3, 0.4) is 0 Å². The number of aliphatic carboxylic acids is 2. The van der Waals surface area contributed by atoms with E-state index in [9.17, 15) is 0 Å². The topological polar surface area (TPSA) is 114 Å². The first-order valence-corrected chi connectivity index (χ1v) is 3.22. The van der Waals surface area contributed by atoms with Gasteiger partial charge in [0.05, 0.1) is 0 Å². The minimum Gasteiger partial charge on any atom is -0.550 e. The van der Waals surface area contributed by atoms with Crippen molar-refractivity contribution in [3.05, 3.63) is 0 Å². The number of carbonyl (C=O) groups is 2. The first kappa shape index (κ1) is 29.2. The summed E-state index contributed by atoms with van der Waals surface area (Å²) in [6.07, 6.45) is 3.00. The van der Waals surface area contributed by atoms with Gasteiger partial charge in [-0.05, 0) is 13.8 Å². The fourth-order valence-corrected chi connectivity index (χ4v) is 0. The molecule has 7 heteroatoms. The van der Waals surface area contributed by atoms with Crippen molar-refractivity contribution in [2.24, 2.45) is 0 Å². The standard InChI is InChI=1S/2C2H4O2.2C2H3O.Zr/c2*1-2(3)4;2*1-2-3;/h2*1H3,(H,3,4);2*1H3;/q;;2*-1;+4/p-2. The molecule has 0 bridgehead atoms. The third-order valence-electron chi connectivity index (χ3n) is 0. The van der Waals surface area contributed by atoms with Crippen LogP contribution in [-0.4, -0.2) is 24.5 Å². The summed E-state index contributed by atoms with van der Waals surface area (Å²) < 4.78 is 0. The van der Waals surface area contributed by atoms with Crippen LogP contribution in [0.25, 0.3) is 0 Å². The largest absolute Gasteiger partial charge is 4.00 e. The van der Waals surface area contributed by atoms with E-state index in [2.05, 4.69) is 0 Å². The van der Waals surface area contributed by atoms with Crippen molar-refractivity contribution in [3.8, 4) is 0 Å². The number of carbonyl (C=O) groups excluding carboxylic acids is 4. The van der Waals surface area contributed by atoms with Gasteiger partial charge in [-0.3, -0.25) is 12.6 Å². The zero-order valence-electron chi connectivity index (χ0n) is 8.95. The van der Waals surface area contributed by atoms with E-state index in [0.29, 0.717) is 0 Å². The Bertz CT molecular complexity index is 131. The molecule has 0 saturated carbocycles. The summed E-state index contributed by atoms with van der Waals surface area (Å²) in [5, 5.41) is 17.8. The van der Waals surface area contributed by atoms with Crippen LogP contribution in [0, 0.1) is 0 Å². The van der Waals surface area contributed by atoms with Gasteiger partial charge in [0.2, 0.25) is 0 Å². The quantitative estimate of drug-likeness (QED) is 0.466. The van der Waals surface area contributed by atoms with E-state index in [4.69, 9.17) is 29.4 Å². The third-order valence-corrected chi connectivity index (χ3v) is 0. The van der Waals surface area contributed by atoms with Gasteiger partial charge in [-0.2, -0.15) is 13.8 Å². The molecule has 0 N–H and O–H groups in total. The average Bonchev–Trinajstić information content (AvgIpc) is 1.85. The Morgan fingerprint density at radius 1 is 0.867 bits per heavy atom. The third kappa shape index (κ3) is 2340. The van der Waals surface area contributed by atoms with E-state index < -0.39 is 11.9 Å². The minimum absolute atomic E-state index is 0. The van der Waals surface area contributed by atoms with Crippen molar-refractivity contribution in [2.75, 3.05) is 0 Å². The molecule has 0 amide bonds. The molecule has 0 heterocycles. The van der Waals surface area contributed by atoms with Gasteiger partial charge < -0.3 is 29.4 Å². The summed E-state index contributed by atoms with van der Waals surface area (Å²) in [5.74, 6) is -2.17. The van der Waals surface area contributed by atoms with Crippen molar-refractivity contribution in [3.63, 3.8) is 0 Å². The predicted octanol–water partition coefficient (Wildman–Crippen LogP) is -2.26. The minimum atomic E-state index is -1.08. The Morgan fingerprint density at radius 3 is 0.867 bits per heavy atom. The van der Waals surface area contributed by atoms with Gasteiger partial charge in [-0.25, -0.2) is 0 Å². The Hall–Kier alpha value is -0.837. The molecule has 0 aliphatic rings. The predicted molar refractivity (Wildman–Crippen MR) is 44.1 cm³/mol.